The van der Waals surface area contributed by atoms with Gasteiger partial charge in [0.25, 0.3) is 0 Å². The zero-order valence-corrected chi connectivity index (χ0v) is 13.7. The zero-order chi connectivity index (χ0) is 15.9. The predicted octanol–water partition coefficient (Wildman–Crippen LogP) is 1.94. The minimum atomic E-state index is -0.991. The third-order valence-electron chi connectivity index (χ3n) is 4.61. The summed E-state index contributed by atoms with van der Waals surface area (Å²) in [6.45, 7) is 9.41. The van der Waals surface area contributed by atoms with E-state index < -0.39 is 17.8 Å². The van der Waals surface area contributed by atoms with Gasteiger partial charge >= 0.3 is 0 Å². The fraction of sp³-hybridized carbons (Fsp3) is 1.00. The van der Waals surface area contributed by atoms with E-state index in [2.05, 4.69) is 0 Å². The molecule has 0 spiro atoms. The van der Waals surface area contributed by atoms with Crippen LogP contribution in [0.3, 0.4) is 0 Å². The molecule has 6 unspecified atom stereocenters. The van der Waals surface area contributed by atoms with Crippen molar-refractivity contribution in [3.63, 3.8) is 0 Å². The van der Waals surface area contributed by atoms with Crippen LogP contribution in [-0.2, 0) is 0 Å². The lowest BCUT2D eigenvalue weighted by molar-refractivity contribution is -0.0541. The van der Waals surface area contributed by atoms with Gasteiger partial charge in [-0.25, -0.2) is 0 Å². The minimum Gasteiger partial charge on any atom is -0.396 e. The van der Waals surface area contributed by atoms with Crippen LogP contribution in [0.15, 0.2) is 0 Å². The summed E-state index contributed by atoms with van der Waals surface area (Å²) in [5.41, 5.74) is -0.991. The number of aliphatic hydroxyl groups is 4. The first kappa shape index (κ1) is 19.8. The van der Waals surface area contributed by atoms with Gasteiger partial charge in [-0.3, -0.25) is 0 Å². The smallest absolute Gasteiger partial charge is 0.0648 e. The first-order valence-corrected chi connectivity index (χ1v) is 7.87. The third-order valence-corrected chi connectivity index (χ3v) is 4.61. The van der Waals surface area contributed by atoms with Crippen LogP contribution in [0, 0.1) is 17.8 Å². The zero-order valence-electron chi connectivity index (χ0n) is 13.7. The second-order valence-electron chi connectivity index (χ2n) is 6.60. The van der Waals surface area contributed by atoms with Crippen molar-refractivity contribution in [2.75, 3.05) is 6.61 Å². The largest absolute Gasteiger partial charge is 0.396 e. The van der Waals surface area contributed by atoms with E-state index in [9.17, 15) is 20.4 Å². The Morgan fingerprint density at radius 2 is 1.55 bits per heavy atom. The summed E-state index contributed by atoms with van der Waals surface area (Å²) in [5.74, 6) is 0.0211. The fourth-order valence-electron chi connectivity index (χ4n) is 3.00. The molecule has 6 atom stereocenters. The molecule has 4 nitrogen and oxygen atoms in total. The monoisotopic (exact) mass is 290 g/mol. The van der Waals surface area contributed by atoms with Crippen molar-refractivity contribution >= 4 is 0 Å². The third kappa shape index (κ3) is 6.53. The Balaban J connectivity index is 4.64. The van der Waals surface area contributed by atoms with Crippen molar-refractivity contribution in [1.82, 2.24) is 0 Å². The van der Waals surface area contributed by atoms with Crippen LogP contribution in [-0.4, -0.2) is 44.8 Å². The highest BCUT2D eigenvalue weighted by Gasteiger charge is 2.33. The standard InChI is InChI=1S/C16H34O4/c1-6-13(10-17)8-16(5,20)9-15(19)14(7-2)11(3)12(4)18/h11-15,17-20H,6-10H2,1-5H3. The summed E-state index contributed by atoms with van der Waals surface area (Å²) < 4.78 is 0. The van der Waals surface area contributed by atoms with Crippen LogP contribution < -0.4 is 0 Å². The van der Waals surface area contributed by atoms with E-state index in [1.54, 1.807) is 13.8 Å². The first-order valence-electron chi connectivity index (χ1n) is 7.87. The molecular weight excluding hydrogens is 256 g/mol. The normalized spacial score (nSPS) is 22.6. The molecule has 0 aromatic rings. The van der Waals surface area contributed by atoms with E-state index in [4.69, 9.17) is 0 Å². The molecule has 0 saturated carbocycles. The van der Waals surface area contributed by atoms with Gasteiger partial charge in [0, 0.05) is 13.0 Å². The molecule has 0 saturated heterocycles. The van der Waals surface area contributed by atoms with Crippen LogP contribution >= 0.6 is 0 Å². The van der Waals surface area contributed by atoms with E-state index in [-0.39, 0.29) is 30.8 Å². The van der Waals surface area contributed by atoms with E-state index in [1.807, 2.05) is 20.8 Å². The molecule has 0 aliphatic carbocycles. The number of hydrogen-bond donors (Lipinski definition) is 4. The maximum absolute atomic E-state index is 10.4. The number of rotatable bonds is 10. The summed E-state index contributed by atoms with van der Waals surface area (Å²) >= 11 is 0. The summed E-state index contributed by atoms with van der Waals surface area (Å²) in [6.07, 6.45) is 1.22. The van der Waals surface area contributed by atoms with Gasteiger partial charge in [-0.15, -0.1) is 0 Å². The molecule has 122 valence electrons. The molecule has 0 aliphatic rings. The molecule has 0 amide bonds. The average Bonchev–Trinajstić information content (AvgIpc) is 2.35. The molecule has 0 fully saturated rings. The first-order chi connectivity index (χ1) is 9.18. The van der Waals surface area contributed by atoms with Gasteiger partial charge in [0.05, 0.1) is 17.8 Å². The van der Waals surface area contributed by atoms with E-state index in [1.165, 1.54) is 0 Å². The van der Waals surface area contributed by atoms with E-state index in [0.717, 1.165) is 12.8 Å². The lowest BCUT2D eigenvalue weighted by atomic mass is 9.77. The predicted molar refractivity (Wildman–Crippen MR) is 81.4 cm³/mol. The SMILES string of the molecule is CCC(CO)CC(C)(O)CC(O)C(CC)C(C)C(C)O. The average molecular weight is 290 g/mol. The van der Waals surface area contributed by atoms with Crippen molar-refractivity contribution in [1.29, 1.82) is 0 Å². The molecule has 4 N–H and O–H groups in total. The van der Waals surface area contributed by atoms with Crippen molar-refractivity contribution < 1.29 is 20.4 Å². The highest BCUT2D eigenvalue weighted by atomic mass is 16.3. The van der Waals surface area contributed by atoms with Crippen molar-refractivity contribution in [2.45, 2.75) is 78.1 Å². The molecule has 0 rings (SSSR count). The van der Waals surface area contributed by atoms with Gasteiger partial charge in [0.15, 0.2) is 0 Å². The quantitative estimate of drug-likeness (QED) is 0.496. The highest BCUT2D eigenvalue weighted by molar-refractivity contribution is 4.85. The van der Waals surface area contributed by atoms with Crippen molar-refractivity contribution in [3.8, 4) is 0 Å². The summed E-state index contributed by atoms with van der Waals surface area (Å²) in [4.78, 5) is 0. The van der Waals surface area contributed by atoms with Gasteiger partial charge in [-0.05, 0) is 38.0 Å². The van der Waals surface area contributed by atoms with Crippen molar-refractivity contribution in [3.05, 3.63) is 0 Å². The maximum atomic E-state index is 10.4. The molecule has 0 aliphatic heterocycles. The molecule has 0 radical (unpaired) electrons. The Kier molecular flexibility index (Phi) is 8.91. The lowest BCUT2D eigenvalue weighted by Crippen LogP contribution is -2.39. The summed E-state index contributed by atoms with van der Waals surface area (Å²) in [6, 6.07) is 0. The Labute approximate surface area is 123 Å². The molecule has 0 aromatic heterocycles. The van der Waals surface area contributed by atoms with Crippen LogP contribution in [0.1, 0.15) is 60.3 Å². The van der Waals surface area contributed by atoms with Gasteiger partial charge in [0.1, 0.15) is 0 Å². The Morgan fingerprint density at radius 1 is 1.00 bits per heavy atom. The summed E-state index contributed by atoms with van der Waals surface area (Å²) in [5, 5.41) is 39.8. The van der Waals surface area contributed by atoms with Crippen LogP contribution in [0.25, 0.3) is 0 Å². The van der Waals surface area contributed by atoms with Crippen molar-refractivity contribution in [2.24, 2.45) is 17.8 Å². The molecule has 4 heteroatoms. The number of aliphatic hydroxyl groups excluding tert-OH is 3. The molecule has 0 heterocycles. The maximum Gasteiger partial charge on any atom is 0.0648 e. The Bertz CT molecular complexity index is 249. The number of hydrogen-bond acceptors (Lipinski definition) is 4. The molecular formula is C16H34O4. The van der Waals surface area contributed by atoms with Gasteiger partial charge < -0.3 is 20.4 Å². The molecule has 0 aromatic carbocycles. The Morgan fingerprint density at radius 3 is 1.90 bits per heavy atom. The van der Waals surface area contributed by atoms with Gasteiger partial charge in [0.2, 0.25) is 0 Å². The van der Waals surface area contributed by atoms with E-state index in [0.29, 0.717) is 6.42 Å². The minimum absolute atomic E-state index is 0.00869. The fourth-order valence-corrected chi connectivity index (χ4v) is 3.00. The van der Waals surface area contributed by atoms with Crippen LogP contribution in [0.4, 0.5) is 0 Å². The Hall–Kier alpha value is -0.160. The lowest BCUT2D eigenvalue weighted by Gasteiger charge is -2.35. The molecule has 20 heavy (non-hydrogen) atoms. The van der Waals surface area contributed by atoms with Crippen LogP contribution in [0.5, 0.6) is 0 Å². The second kappa shape index (κ2) is 8.98. The van der Waals surface area contributed by atoms with Gasteiger partial charge in [-0.1, -0.05) is 33.6 Å². The highest BCUT2D eigenvalue weighted by Crippen LogP contribution is 2.30. The van der Waals surface area contributed by atoms with Crippen LogP contribution in [0.2, 0.25) is 0 Å². The topological polar surface area (TPSA) is 80.9 Å². The van der Waals surface area contributed by atoms with E-state index >= 15 is 0 Å². The molecule has 0 bridgehead atoms. The van der Waals surface area contributed by atoms with Gasteiger partial charge in [-0.2, -0.15) is 0 Å². The second-order valence-corrected chi connectivity index (χ2v) is 6.60. The summed E-state index contributed by atoms with van der Waals surface area (Å²) in [7, 11) is 0.